The first kappa shape index (κ1) is 19.3. The van der Waals surface area contributed by atoms with Gasteiger partial charge in [0, 0.05) is 23.4 Å². The second kappa shape index (κ2) is 8.34. The molecule has 0 fully saturated rings. The Balaban J connectivity index is 1.97. The number of hydrogen-bond acceptors (Lipinski definition) is 7. The van der Waals surface area contributed by atoms with Gasteiger partial charge in [0.05, 0.1) is 21.9 Å². The summed E-state index contributed by atoms with van der Waals surface area (Å²) in [5.41, 5.74) is 0.243. The van der Waals surface area contributed by atoms with Crippen LogP contribution in [0.1, 0.15) is 37.4 Å². The summed E-state index contributed by atoms with van der Waals surface area (Å²) < 4.78 is 4.95. The number of thiophene rings is 1. The normalized spacial score (nSPS) is 10.2. The zero-order valence-electron chi connectivity index (χ0n) is 14.1. The Morgan fingerprint density at radius 3 is 2.62 bits per heavy atom. The lowest BCUT2D eigenvalue weighted by Crippen LogP contribution is -2.18. The van der Waals surface area contributed by atoms with Crippen molar-refractivity contribution in [3.05, 3.63) is 61.3 Å². The molecule has 2 aromatic rings. The number of aryl methyl sites for hydroxylation is 1. The zero-order valence-corrected chi connectivity index (χ0v) is 14.9. The van der Waals surface area contributed by atoms with Crippen molar-refractivity contribution in [1.82, 2.24) is 5.32 Å². The number of rotatable bonds is 7. The summed E-state index contributed by atoms with van der Waals surface area (Å²) in [4.78, 5) is 46.5. The molecule has 1 amide bonds. The largest absolute Gasteiger partial charge is 0.454 e. The van der Waals surface area contributed by atoms with Crippen molar-refractivity contribution in [3.63, 3.8) is 0 Å². The van der Waals surface area contributed by atoms with E-state index in [4.69, 9.17) is 4.74 Å². The number of ether oxygens (including phenoxy) is 1. The van der Waals surface area contributed by atoms with Crippen LogP contribution in [0.5, 0.6) is 0 Å². The van der Waals surface area contributed by atoms with Crippen LogP contribution in [0, 0.1) is 17.0 Å². The fraction of sp³-hybridized carbons (Fsp3) is 0.235. The van der Waals surface area contributed by atoms with Crippen LogP contribution in [0.2, 0.25) is 0 Å². The molecule has 0 aliphatic heterocycles. The van der Waals surface area contributed by atoms with Gasteiger partial charge in [-0.3, -0.25) is 19.7 Å². The number of ketones is 1. The van der Waals surface area contributed by atoms with E-state index in [0.29, 0.717) is 17.0 Å². The number of amides is 1. The molecule has 1 aromatic heterocycles. The lowest BCUT2D eigenvalue weighted by molar-refractivity contribution is -0.385. The number of carbonyl (C=O) groups excluding carboxylic acids is 3. The SMILES string of the molecule is CC(=O)NCc1ccc(C(=O)COC(=O)c2ccc(C)c([N+](=O)[O-])c2)s1. The summed E-state index contributed by atoms with van der Waals surface area (Å²) in [5, 5.41) is 13.5. The minimum atomic E-state index is -0.809. The predicted octanol–water partition coefficient (Wildman–Crippen LogP) is 2.64. The summed E-state index contributed by atoms with van der Waals surface area (Å²) >= 11 is 1.19. The van der Waals surface area contributed by atoms with Crippen molar-refractivity contribution in [1.29, 1.82) is 0 Å². The van der Waals surface area contributed by atoms with Crippen LogP contribution in [-0.4, -0.2) is 29.2 Å². The van der Waals surface area contributed by atoms with Gasteiger partial charge < -0.3 is 10.1 Å². The molecule has 1 aromatic carbocycles. The summed E-state index contributed by atoms with van der Waals surface area (Å²) in [6.45, 7) is 2.81. The lowest BCUT2D eigenvalue weighted by atomic mass is 10.1. The third kappa shape index (κ3) is 4.96. The number of nitro benzene ring substituents is 1. The molecule has 0 saturated heterocycles. The Morgan fingerprint density at radius 2 is 1.96 bits per heavy atom. The molecule has 9 heteroatoms. The standard InChI is InChI=1S/C17H16N2O6S/c1-10-3-4-12(7-14(10)19(23)24)17(22)25-9-15(21)16-6-5-13(26-16)8-18-11(2)20/h3-7H,8-9H2,1-2H3,(H,18,20). The molecule has 136 valence electrons. The molecular formula is C17H16N2O6S. The zero-order chi connectivity index (χ0) is 19.3. The van der Waals surface area contributed by atoms with E-state index >= 15 is 0 Å². The Bertz CT molecular complexity index is 874. The Hall–Kier alpha value is -3.07. The molecule has 8 nitrogen and oxygen atoms in total. The van der Waals surface area contributed by atoms with E-state index < -0.39 is 17.5 Å². The van der Waals surface area contributed by atoms with Crippen LogP contribution >= 0.6 is 11.3 Å². The second-order valence-electron chi connectivity index (χ2n) is 5.43. The first-order chi connectivity index (χ1) is 12.3. The fourth-order valence-electron chi connectivity index (χ4n) is 2.05. The number of nitrogens with one attached hydrogen (secondary N) is 1. The van der Waals surface area contributed by atoms with Gasteiger partial charge in [0.25, 0.3) is 5.69 Å². The average molecular weight is 376 g/mol. The second-order valence-corrected chi connectivity index (χ2v) is 6.60. The first-order valence-electron chi connectivity index (χ1n) is 7.56. The van der Waals surface area contributed by atoms with Gasteiger partial charge in [-0.05, 0) is 25.1 Å². The number of esters is 1. The van der Waals surface area contributed by atoms with Crippen LogP contribution in [0.25, 0.3) is 0 Å². The highest BCUT2D eigenvalue weighted by Gasteiger charge is 2.18. The highest BCUT2D eigenvalue weighted by atomic mass is 32.1. The van der Waals surface area contributed by atoms with E-state index in [1.165, 1.54) is 30.4 Å². The Labute approximate surface area is 152 Å². The minimum Gasteiger partial charge on any atom is -0.454 e. The summed E-state index contributed by atoms with van der Waals surface area (Å²) in [5.74, 6) is -1.37. The van der Waals surface area contributed by atoms with E-state index in [1.807, 2.05) is 0 Å². The van der Waals surface area contributed by atoms with Gasteiger partial charge >= 0.3 is 5.97 Å². The highest BCUT2D eigenvalue weighted by Crippen LogP contribution is 2.20. The maximum atomic E-state index is 12.1. The van der Waals surface area contributed by atoms with Gasteiger partial charge in [0.1, 0.15) is 0 Å². The molecule has 0 unspecified atom stereocenters. The molecule has 0 spiro atoms. The van der Waals surface area contributed by atoms with Gasteiger partial charge in [0.15, 0.2) is 6.61 Å². The van der Waals surface area contributed by atoms with Crippen LogP contribution < -0.4 is 5.32 Å². The third-order valence-electron chi connectivity index (χ3n) is 3.42. The molecule has 0 aliphatic carbocycles. The molecule has 2 rings (SSSR count). The van der Waals surface area contributed by atoms with Gasteiger partial charge in [-0.15, -0.1) is 11.3 Å². The molecule has 0 bridgehead atoms. The summed E-state index contributed by atoms with van der Waals surface area (Å²) in [6.07, 6.45) is 0. The van der Waals surface area contributed by atoms with Crippen molar-refractivity contribution >= 4 is 34.7 Å². The van der Waals surface area contributed by atoms with Crippen molar-refractivity contribution in [2.24, 2.45) is 0 Å². The van der Waals surface area contributed by atoms with Crippen molar-refractivity contribution < 1.29 is 24.0 Å². The van der Waals surface area contributed by atoms with Crippen LogP contribution in [0.4, 0.5) is 5.69 Å². The molecule has 0 saturated carbocycles. The third-order valence-corrected chi connectivity index (χ3v) is 4.55. The average Bonchev–Trinajstić information content (AvgIpc) is 3.06. The summed E-state index contributed by atoms with van der Waals surface area (Å²) in [7, 11) is 0. The van der Waals surface area contributed by atoms with Gasteiger partial charge in [0.2, 0.25) is 11.7 Å². The van der Waals surface area contributed by atoms with Gasteiger partial charge in [-0.2, -0.15) is 0 Å². The Morgan fingerprint density at radius 1 is 1.23 bits per heavy atom. The fourth-order valence-corrected chi connectivity index (χ4v) is 2.92. The lowest BCUT2D eigenvalue weighted by Gasteiger charge is -2.04. The van der Waals surface area contributed by atoms with Gasteiger partial charge in [-0.25, -0.2) is 4.79 Å². The van der Waals surface area contributed by atoms with Crippen molar-refractivity contribution in [3.8, 4) is 0 Å². The quantitative estimate of drug-likeness (QED) is 0.344. The highest BCUT2D eigenvalue weighted by molar-refractivity contribution is 7.14. The number of hydrogen-bond donors (Lipinski definition) is 1. The topological polar surface area (TPSA) is 116 Å². The van der Waals surface area contributed by atoms with Crippen molar-refractivity contribution in [2.75, 3.05) is 6.61 Å². The first-order valence-corrected chi connectivity index (χ1v) is 8.38. The van der Waals surface area contributed by atoms with E-state index in [-0.39, 0.29) is 22.9 Å². The van der Waals surface area contributed by atoms with Crippen LogP contribution in [-0.2, 0) is 16.1 Å². The molecule has 1 N–H and O–H groups in total. The van der Waals surface area contributed by atoms with Gasteiger partial charge in [-0.1, -0.05) is 6.07 Å². The number of benzene rings is 1. The molecule has 26 heavy (non-hydrogen) atoms. The minimum absolute atomic E-state index is 0.00706. The van der Waals surface area contributed by atoms with Crippen molar-refractivity contribution in [2.45, 2.75) is 20.4 Å². The smallest absolute Gasteiger partial charge is 0.338 e. The maximum Gasteiger partial charge on any atom is 0.338 e. The van der Waals surface area contributed by atoms with Crippen LogP contribution in [0.15, 0.2) is 30.3 Å². The number of carbonyl (C=O) groups is 3. The monoisotopic (exact) mass is 376 g/mol. The maximum absolute atomic E-state index is 12.1. The number of nitrogens with zero attached hydrogens (tertiary/aromatic N) is 1. The summed E-state index contributed by atoms with van der Waals surface area (Å²) in [6, 6.07) is 7.28. The van der Waals surface area contributed by atoms with Crippen LogP contribution in [0.3, 0.4) is 0 Å². The number of Topliss-reactive ketones (excluding diaryl/α,β-unsaturated/α-hetero) is 1. The molecule has 0 atom stereocenters. The van der Waals surface area contributed by atoms with E-state index in [1.54, 1.807) is 19.1 Å². The predicted molar refractivity (Wildman–Crippen MR) is 94.3 cm³/mol. The molecule has 0 aliphatic rings. The Kier molecular flexibility index (Phi) is 6.18. The van der Waals surface area contributed by atoms with E-state index in [9.17, 15) is 24.5 Å². The number of nitro groups is 1. The van der Waals surface area contributed by atoms with E-state index in [2.05, 4.69) is 5.32 Å². The molecule has 0 radical (unpaired) electrons. The molecule has 1 heterocycles. The van der Waals surface area contributed by atoms with E-state index in [0.717, 1.165) is 10.9 Å². The molecular weight excluding hydrogens is 360 g/mol.